The van der Waals surface area contributed by atoms with Crippen molar-refractivity contribution in [2.75, 3.05) is 18.0 Å². The molecule has 0 amide bonds. The normalized spacial score (nSPS) is 9.88. The lowest BCUT2D eigenvalue weighted by molar-refractivity contribution is 0.626. The van der Waals surface area contributed by atoms with Crippen LogP contribution in [0.15, 0.2) is 18.2 Å². The minimum Gasteiger partial charge on any atom is -0.371 e. The Hall–Kier alpha value is -1.27. The molecule has 1 rings (SSSR count). The molecular formula is C12H14ClFN2. The van der Waals surface area contributed by atoms with Crippen LogP contribution in [-0.4, -0.2) is 13.1 Å². The van der Waals surface area contributed by atoms with E-state index in [2.05, 4.69) is 6.07 Å². The topological polar surface area (TPSA) is 27.0 Å². The van der Waals surface area contributed by atoms with Crippen molar-refractivity contribution in [2.24, 2.45) is 0 Å². The minimum absolute atomic E-state index is 0.274. The van der Waals surface area contributed by atoms with E-state index in [9.17, 15) is 4.39 Å². The molecule has 0 aromatic heterocycles. The molecule has 0 heterocycles. The van der Waals surface area contributed by atoms with Crippen LogP contribution in [0.25, 0.3) is 0 Å². The molecule has 0 bridgehead atoms. The molecule has 0 saturated carbocycles. The first kappa shape index (κ1) is 12.8. The Morgan fingerprint density at radius 1 is 1.50 bits per heavy atom. The standard InChI is InChI=1S/C12H14ClFN2/c1-2-16(7-3-6-15)12-5-4-11(14)8-10(12)9-13/h4-5,8H,2-3,7,9H2,1H3. The second kappa shape index (κ2) is 6.34. The van der Waals surface area contributed by atoms with E-state index in [1.54, 1.807) is 6.07 Å². The number of benzene rings is 1. The average molecular weight is 241 g/mol. The maximum absolute atomic E-state index is 13.0. The molecule has 0 saturated heterocycles. The third-order valence-corrected chi connectivity index (χ3v) is 2.69. The van der Waals surface area contributed by atoms with E-state index in [1.165, 1.54) is 12.1 Å². The van der Waals surface area contributed by atoms with Crippen molar-refractivity contribution in [3.05, 3.63) is 29.6 Å². The molecule has 0 aliphatic carbocycles. The van der Waals surface area contributed by atoms with Crippen LogP contribution < -0.4 is 4.90 Å². The predicted octanol–water partition coefficient (Wildman–Crippen LogP) is 3.30. The maximum Gasteiger partial charge on any atom is 0.123 e. The number of hydrogen-bond acceptors (Lipinski definition) is 2. The quantitative estimate of drug-likeness (QED) is 0.739. The molecule has 4 heteroatoms. The summed E-state index contributed by atoms with van der Waals surface area (Å²) in [6.45, 7) is 3.42. The minimum atomic E-state index is -0.282. The Balaban J connectivity index is 2.95. The SMILES string of the molecule is CCN(CCC#N)c1ccc(F)cc1CCl. The van der Waals surface area contributed by atoms with Crippen LogP contribution in [0.1, 0.15) is 18.9 Å². The Morgan fingerprint density at radius 2 is 2.25 bits per heavy atom. The summed E-state index contributed by atoms with van der Waals surface area (Å²) in [6, 6.07) is 6.68. The van der Waals surface area contributed by atoms with Gasteiger partial charge in [-0.15, -0.1) is 11.6 Å². The molecule has 0 spiro atoms. The number of rotatable bonds is 5. The largest absolute Gasteiger partial charge is 0.371 e. The molecule has 16 heavy (non-hydrogen) atoms. The van der Waals surface area contributed by atoms with E-state index < -0.39 is 0 Å². The zero-order chi connectivity index (χ0) is 12.0. The number of alkyl halides is 1. The molecular weight excluding hydrogens is 227 g/mol. The van der Waals surface area contributed by atoms with Crippen LogP contribution >= 0.6 is 11.6 Å². The van der Waals surface area contributed by atoms with Crippen molar-refractivity contribution in [3.8, 4) is 6.07 Å². The Bertz CT molecular complexity index is 387. The van der Waals surface area contributed by atoms with E-state index in [4.69, 9.17) is 16.9 Å². The van der Waals surface area contributed by atoms with Gasteiger partial charge in [-0.1, -0.05) is 0 Å². The lowest BCUT2D eigenvalue weighted by Crippen LogP contribution is -2.24. The fourth-order valence-corrected chi connectivity index (χ4v) is 1.82. The zero-order valence-corrected chi connectivity index (χ0v) is 9.97. The molecule has 0 unspecified atom stereocenters. The van der Waals surface area contributed by atoms with Crippen molar-refractivity contribution in [2.45, 2.75) is 19.2 Å². The highest BCUT2D eigenvalue weighted by molar-refractivity contribution is 6.17. The first-order chi connectivity index (χ1) is 7.72. The first-order valence-corrected chi connectivity index (χ1v) is 5.72. The Labute approximate surface area is 100 Å². The van der Waals surface area contributed by atoms with Gasteiger partial charge in [-0.3, -0.25) is 0 Å². The molecule has 1 aromatic carbocycles. The van der Waals surface area contributed by atoms with Gasteiger partial charge in [0.25, 0.3) is 0 Å². The smallest absolute Gasteiger partial charge is 0.123 e. The van der Waals surface area contributed by atoms with Gasteiger partial charge >= 0.3 is 0 Å². The lowest BCUT2D eigenvalue weighted by Gasteiger charge is -2.24. The van der Waals surface area contributed by atoms with Crippen molar-refractivity contribution in [1.29, 1.82) is 5.26 Å². The van der Waals surface area contributed by atoms with E-state index in [0.717, 1.165) is 17.8 Å². The summed E-state index contributed by atoms with van der Waals surface area (Å²) >= 11 is 5.78. The summed E-state index contributed by atoms with van der Waals surface area (Å²) in [4.78, 5) is 2.03. The molecule has 0 aliphatic rings. The molecule has 0 atom stereocenters. The average Bonchev–Trinajstić information content (AvgIpc) is 2.31. The van der Waals surface area contributed by atoms with E-state index in [-0.39, 0.29) is 11.7 Å². The van der Waals surface area contributed by atoms with Crippen molar-refractivity contribution in [3.63, 3.8) is 0 Å². The van der Waals surface area contributed by atoms with Crippen LogP contribution in [0, 0.1) is 17.1 Å². The third-order valence-electron chi connectivity index (χ3n) is 2.40. The summed E-state index contributed by atoms with van der Waals surface area (Å²) in [5, 5.41) is 8.57. The van der Waals surface area contributed by atoms with E-state index in [1.807, 2.05) is 11.8 Å². The fourth-order valence-electron chi connectivity index (χ4n) is 1.60. The van der Waals surface area contributed by atoms with E-state index in [0.29, 0.717) is 13.0 Å². The second-order valence-corrected chi connectivity index (χ2v) is 3.66. The number of hydrogen-bond donors (Lipinski definition) is 0. The lowest BCUT2D eigenvalue weighted by atomic mass is 10.1. The highest BCUT2D eigenvalue weighted by atomic mass is 35.5. The summed E-state index contributed by atoms with van der Waals surface area (Å²) in [5.41, 5.74) is 1.68. The number of anilines is 1. The summed E-state index contributed by atoms with van der Waals surface area (Å²) in [7, 11) is 0. The highest BCUT2D eigenvalue weighted by Crippen LogP contribution is 2.23. The van der Waals surface area contributed by atoms with Gasteiger partial charge in [-0.25, -0.2) is 4.39 Å². The van der Waals surface area contributed by atoms with Gasteiger partial charge in [-0.2, -0.15) is 5.26 Å². The summed E-state index contributed by atoms with van der Waals surface area (Å²) in [5.74, 6) is -0.00777. The fraction of sp³-hybridized carbons (Fsp3) is 0.417. The van der Waals surface area contributed by atoms with Gasteiger partial charge in [0.2, 0.25) is 0 Å². The van der Waals surface area contributed by atoms with Crippen LogP contribution in [0.2, 0.25) is 0 Å². The Kier molecular flexibility index (Phi) is 5.07. The van der Waals surface area contributed by atoms with Gasteiger partial charge in [0.05, 0.1) is 12.5 Å². The monoisotopic (exact) mass is 240 g/mol. The predicted molar refractivity (Wildman–Crippen MR) is 64.1 cm³/mol. The van der Waals surface area contributed by atoms with Crippen molar-refractivity contribution < 1.29 is 4.39 Å². The zero-order valence-electron chi connectivity index (χ0n) is 9.21. The number of nitrogens with zero attached hydrogens (tertiary/aromatic N) is 2. The van der Waals surface area contributed by atoms with Crippen LogP contribution in [0.5, 0.6) is 0 Å². The van der Waals surface area contributed by atoms with Gasteiger partial charge in [-0.05, 0) is 30.7 Å². The van der Waals surface area contributed by atoms with Crippen LogP contribution in [0.3, 0.4) is 0 Å². The molecule has 0 aliphatic heterocycles. The van der Waals surface area contributed by atoms with Gasteiger partial charge in [0.15, 0.2) is 0 Å². The maximum atomic E-state index is 13.0. The molecule has 86 valence electrons. The van der Waals surface area contributed by atoms with Crippen LogP contribution in [-0.2, 0) is 5.88 Å². The van der Waals surface area contributed by atoms with Gasteiger partial charge in [0.1, 0.15) is 5.82 Å². The van der Waals surface area contributed by atoms with Gasteiger partial charge < -0.3 is 4.90 Å². The van der Waals surface area contributed by atoms with Gasteiger partial charge in [0, 0.05) is 24.7 Å². The molecule has 2 nitrogen and oxygen atoms in total. The van der Waals surface area contributed by atoms with Crippen molar-refractivity contribution in [1.82, 2.24) is 0 Å². The first-order valence-electron chi connectivity index (χ1n) is 5.19. The van der Waals surface area contributed by atoms with Crippen LogP contribution in [0.4, 0.5) is 10.1 Å². The number of halogens is 2. The van der Waals surface area contributed by atoms with Crippen molar-refractivity contribution >= 4 is 17.3 Å². The molecule has 0 fully saturated rings. The van der Waals surface area contributed by atoms with E-state index >= 15 is 0 Å². The highest BCUT2D eigenvalue weighted by Gasteiger charge is 2.09. The molecule has 0 radical (unpaired) electrons. The number of nitriles is 1. The molecule has 1 aromatic rings. The second-order valence-electron chi connectivity index (χ2n) is 3.39. The summed E-state index contributed by atoms with van der Waals surface area (Å²) in [6.07, 6.45) is 0.451. The summed E-state index contributed by atoms with van der Waals surface area (Å²) < 4.78 is 13.0. The Morgan fingerprint density at radius 3 is 2.81 bits per heavy atom. The molecule has 0 N–H and O–H groups in total. The third kappa shape index (κ3) is 3.11.